The molecule has 4 heteroatoms. The fourth-order valence-corrected chi connectivity index (χ4v) is 3.97. The zero-order valence-electron chi connectivity index (χ0n) is 12.3. The van der Waals surface area contributed by atoms with Gasteiger partial charge >= 0.3 is 0 Å². The van der Waals surface area contributed by atoms with Gasteiger partial charge in [0.05, 0.1) is 5.54 Å². The maximum Gasteiger partial charge on any atom is 0.248 e. The second-order valence-corrected chi connectivity index (χ2v) is 6.56. The van der Waals surface area contributed by atoms with Gasteiger partial charge in [-0.05, 0) is 44.8 Å². The Morgan fingerprint density at radius 3 is 2.61 bits per heavy atom. The summed E-state index contributed by atoms with van der Waals surface area (Å²) < 4.78 is 0. The maximum absolute atomic E-state index is 12.1. The fourth-order valence-electron chi connectivity index (χ4n) is 3.24. The third-order valence-electron chi connectivity index (χ3n) is 4.34. The van der Waals surface area contributed by atoms with Crippen molar-refractivity contribution < 1.29 is 9.90 Å². The molecule has 4 rings (SSSR count). The number of hydrogen-bond acceptors (Lipinski definition) is 3. The van der Waals surface area contributed by atoms with Crippen molar-refractivity contribution in [2.24, 2.45) is 0 Å². The summed E-state index contributed by atoms with van der Waals surface area (Å²) in [5.41, 5.74) is 1.24. The van der Waals surface area contributed by atoms with E-state index in [0.717, 1.165) is 21.9 Å². The molecule has 1 aromatic heterocycles. The van der Waals surface area contributed by atoms with Gasteiger partial charge in [-0.2, -0.15) is 11.3 Å². The van der Waals surface area contributed by atoms with Gasteiger partial charge in [0.1, 0.15) is 5.76 Å². The average molecular weight is 321 g/mol. The Kier molecular flexibility index (Phi) is 3.20. The number of carbonyl (C=O) groups is 1. The molecule has 0 spiro atoms. The lowest BCUT2D eigenvalue weighted by Crippen LogP contribution is -2.48. The van der Waals surface area contributed by atoms with Crippen LogP contribution in [0.25, 0.3) is 10.8 Å². The lowest BCUT2D eigenvalue weighted by molar-refractivity contribution is -0.119. The minimum Gasteiger partial charge on any atom is -0.512 e. The molecule has 23 heavy (non-hydrogen) atoms. The minimum atomic E-state index is -0.722. The van der Waals surface area contributed by atoms with Crippen molar-refractivity contribution >= 4 is 28.0 Å². The van der Waals surface area contributed by atoms with E-state index in [-0.39, 0.29) is 11.7 Å². The third-order valence-corrected chi connectivity index (χ3v) is 5.02. The number of fused-ring (bicyclic) bond motifs is 1. The Labute approximate surface area is 137 Å². The zero-order chi connectivity index (χ0) is 15.9. The number of amides is 1. The fraction of sp³-hybridized carbons (Fsp3) is 0.105. The van der Waals surface area contributed by atoms with Crippen molar-refractivity contribution in [3.63, 3.8) is 0 Å². The van der Waals surface area contributed by atoms with Crippen molar-refractivity contribution in [3.8, 4) is 0 Å². The van der Waals surface area contributed by atoms with Crippen LogP contribution in [0.2, 0.25) is 0 Å². The van der Waals surface area contributed by atoms with Gasteiger partial charge in [-0.15, -0.1) is 0 Å². The first-order chi connectivity index (χ1) is 11.2. The summed E-state index contributed by atoms with van der Waals surface area (Å²) >= 11 is 1.58. The summed E-state index contributed by atoms with van der Waals surface area (Å²) in [7, 11) is 0. The predicted molar refractivity (Wildman–Crippen MR) is 92.5 cm³/mol. The molecule has 2 N–H and O–H groups in total. The molecule has 0 fully saturated rings. The number of hydrogen-bond donors (Lipinski definition) is 2. The van der Waals surface area contributed by atoms with Crippen LogP contribution in [0.1, 0.15) is 17.5 Å². The maximum atomic E-state index is 12.1. The van der Waals surface area contributed by atoms with Crippen molar-refractivity contribution in [2.45, 2.75) is 12.0 Å². The molecule has 0 saturated carbocycles. The monoisotopic (exact) mass is 321 g/mol. The molecular formula is C19H15NO2S. The summed E-state index contributed by atoms with van der Waals surface area (Å²) in [5.74, 6) is -0.166. The van der Waals surface area contributed by atoms with Crippen LogP contribution in [0.4, 0.5) is 0 Å². The topological polar surface area (TPSA) is 49.3 Å². The van der Waals surface area contributed by atoms with Crippen LogP contribution in [0.15, 0.2) is 71.1 Å². The molecule has 1 amide bonds. The van der Waals surface area contributed by atoms with E-state index in [1.54, 1.807) is 11.3 Å². The molecule has 0 aliphatic carbocycles. The Morgan fingerprint density at radius 2 is 1.87 bits per heavy atom. The molecule has 3 aromatic rings. The Bertz CT molecular complexity index is 914. The minimum absolute atomic E-state index is 0.105. The van der Waals surface area contributed by atoms with E-state index in [9.17, 15) is 9.90 Å². The number of aliphatic hydroxyl groups excluding tert-OH is 1. The molecule has 1 aliphatic rings. The molecule has 0 bridgehead atoms. The number of carbonyl (C=O) groups excluding carboxylic acids is 1. The highest BCUT2D eigenvalue weighted by Gasteiger charge is 2.39. The van der Waals surface area contributed by atoms with E-state index in [1.165, 1.54) is 6.08 Å². The number of benzene rings is 2. The highest BCUT2D eigenvalue weighted by Crippen LogP contribution is 2.39. The molecule has 3 nitrogen and oxygen atoms in total. The van der Waals surface area contributed by atoms with Crippen LogP contribution in [-0.4, -0.2) is 11.0 Å². The molecule has 0 saturated heterocycles. The Balaban J connectivity index is 1.94. The highest BCUT2D eigenvalue weighted by atomic mass is 32.1. The van der Waals surface area contributed by atoms with Gasteiger partial charge in [0, 0.05) is 12.5 Å². The van der Waals surface area contributed by atoms with Crippen LogP contribution in [0, 0.1) is 0 Å². The lowest BCUT2D eigenvalue weighted by atomic mass is 9.78. The van der Waals surface area contributed by atoms with Gasteiger partial charge in [0.15, 0.2) is 0 Å². The number of thiophene rings is 1. The largest absolute Gasteiger partial charge is 0.512 e. The first kappa shape index (κ1) is 14.0. The molecule has 1 atom stereocenters. The summed E-state index contributed by atoms with van der Waals surface area (Å²) in [6.07, 6.45) is 1.61. The van der Waals surface area contributed by atoms with Gasteiger partial charge in [-0.25, -0.2) is 0 Å². The van der Waals surface area contributed by atoms with Crippen molar-refractivity contribution in [1.82, 2.24) is 5.32 Å². The second-order valence-electron chi connectivity index (χ2n) is 5.78. The number of rotatable bonds is 2. The summed E-state index contributed by atoms with van der Waals surface area (Å²) in [6.45, 7) is 0. The Morgan fingerprint density at radius 1 is 1.04 bits per heavy atom. The molecule has 2 heterocycles. The van der Waals surface area contributed by atoms with E-state index in [4.69, 9.17) is 0 Å². The van der Waals surface area contributed by atoms with E-state index in [2.05, 4.69) is 29.6 Å². The highest BCUT2D eigenvalue weighted by molar-refractivity contribution is 7.08. The normalized spacial score (nSPS) is 21.0. The van der Waals surface area contributed by atoms with Crippen LogP contribution in [-0.2, 0) is 10.3 Å². The average Bonchev–Trinajstić information content (AvgIpc) is 3.08. The van der Waals surface area contributed by atoms with Crippen LogP contribution in [0.5, 0.6) is 0 Å². The van der Waals surface area contributed by atoms with E-state index in [1.807, 2.05) is 35.0 Å². The molecule has 1 aliphatic heterocycles. The number of nitrogens with one attached hydrogen (secondary N) is 1. The SMILES string of the molecule is O=C1C=C(O)C[C@](c2ccsc2)(c2ccc3ccccc3c2)N1. The van der Waals surface area contributed by atoms with Crippen molar-refractivity contribution in [2.75, 3.05) is 0 Å². The predicted octanol–water partition coefficient (Wildman–Crippen LogP) is 4.11. The molecule has 114 valence electrons. The standard InChI is InChI=1S/C19H15NO2S/c21-17-10-18(22)20-19(11-17,16-7-8-23-12-16)15-6-5-13-3-1-2-4-14(13)9-15/h1-10,12,21H,11H2,(H,20,22)/t19-/m1/s1. The van der Waals surface area contributed by atoms with Crippen molar-refractivity contribution in [3.05, 3.63) is 82.3 Å². The van der Waals surface area contributed by atoms with E-state index in [0.29, 0.717) is 6.42 Å². The van der Waals surface area contributed by atoms with Crippen molar-refractivity contribution in [1.29, 1.82) is 0 Å². The van der Waals surface area contributed by atoms with Crippen LogP contribution < -0.4 is 5.32 Å². The lowest BCUT2D eigenvalue weighted by Gasteiger charge is -2.37. The van der Waals surface area contributed by atoms with E-state index >= 15 is 0 Å². The van der Waals surface area contributed by atoms with Gasteiger partial charge in [-0.3, -0.25) is 4.79 Å². The van der Waals surface area contributed by atoms with E-state index < -0.39 is 5.54 Å². The summed E-state index contributed by atoms with van der Waals surface area (Å²) in [5, 5.41) is 19.4. The summed E-state index contributed by atoms with van der Waals surface area (Å²) in [6, 6.07) is 16.3. The molecule has 2 aromatic carbocycles. The van der Waals surface area contributed by atoms with Crippen LogP contribution >= 0.6 is 11.3 Å². The third kappa shape index (κ3) is 2.32. The van der Waals surface area contributed by atoms with Gasteiger partial charge < -0.3 is 10.4 Å². The molecular weight excluding hydrogens is 306 g/mol. The van der Waals surface area contributed by atoms with Gasteiger partial charge in [0.25, 0.3) is 0 Å². The molecule has 0 unspecified atom stereocenters. The quantitative estimate of drug-likeness (QED) is 0.746. The van der Waals surface area contributed by atoms with Gasteiger partial charge in [-0.1, -0.05) is 36.4 Å². The number of aliphatic hydroxyl groups is 1. The van der Waals surface area contributed by atoms with Gasteiger partial charge in [0.2, 0.25) is 5.91 Å². The van der Waals surface area contributed by atoms with Crippen LogP contribution in [0.3, 0.4) is 0 Å². The Hall–Kier alpha value is -2.59. The first-order valence-corrected chi connectivity index (χ1v) is 8.35. The summed E-state index contributed by atoms with van der Waals surface area (Å²) in [4.78, 5) is 12.1. The molecule has 0 radical (unpaired) electrons. The smallest absolute Gasteiger partial charge is 0.248 e. The first-order valence-electron chi connectivity index (χ1n) is 7.41. The second kappa shape index (κ2) is 5.25. The zero-order valence-corrected chi connectivity index (χ0v) is 13.1.